The zero-order valence-electron chi connectivity index (χ0n) is 15.5. The molecule has 2 aromatic rings. The van der Waals surface area contributed by atoms with Crippen molar-refractivity contribution in [3.05, 3.63) is 41.0 Å². The summed E-state index contributed by atoms with van der Waals surface area (Å²) in [6, 6.07) is 9.51. The first-order chi connectivity index (χ1) is 12.9. The van der Waals surface area contributed by atoms with Gasteiger partial charge in [0.1, 0.15) is 5.82 Å². The molecule has 0 spiro atoms. The third-order valence-electron chi connectivity index (χ3n) is 4.81. The lowest BCUT2D eigenvalue weighted by molar-refractivity contribution is 0.196. The van der Waals surface area contributed by atoms with E-state index in [-0.39, 0.29) is 12.1 Å². The lowest BCUT2D eigenvalue weighted by Crippen LogP contribution is -2.43. The minimum Gasteiger partial charge on any atom is -0.465 e. The minimum absolute atomic E-state index is 0.0178. The van der Waals surface area contributed by atoms with Crippen molar-refractivity contribution in [2.24, 2.45) is 0 Å². The molecule has 27 heavy (non-hydrogen) atoms. The van der Waals surface area contributed by atoms with E-state index in [0.717, 1.165) is 36.0 Å². The molecule has 3 rings (SSSR count). The molecule has 1 saturated carbocycles. The van der Waals surface area contributed by atoms with Gasteiger partial charge in [-0.2, -0.15) is 4.98 Å². The molecule has 1 aliphatic rings. The van der Waals surface area contributed by atoms with Gasteiger partial charge in [-0.1, -0.05) is 15.9 Å². The first-order valence-corrected chi connectivity index (χ1v) is 9.78. The number of benzene rings is 1. The lowest BCUT2D eigenvalue weighted by Gasteiger charge is -2.35. The SMILES string of the molecule is CN(C)c1ccnc(N[C@H]2CC[C@@H](N(C(=O)O)c3ccc(Br)cc3)CC2)n1. The van der Waals surface area contributed by atoms with Gasteiger partial charge in [-0.3, -0.25) is 4.90 Å². The van der Waals surface area contributed by atoms with E-state index in [4.69, 9.17) is 0 Å². The Morgan fingerprint density at radius 2 is 1.81 bits per heavy atom. The highest BCUT2D eigenvalue weighted by molar-refractivity contribution is 9.10. The van der Waals surface area contributed by atoms with Crippen molar-refractivity contribution in [1.29, 1.82) is 0 Å². The van der Waals surface area contributed by atoms with Gasteiger partial charge in [0.15, 0.2) is 0 Å². The molecule has 144 valence electrons. The van der Waals surface area contributed by atoms with Gasteiger partial charge in [-0.05, 0) is 56.0 Å². The maximum atomic E-state index is 11.8. The van der Waals surface area contributed by atoms with Crippen LogP contribution >= 0.6 is 15.9 Å². The van der Waals surface area contributed by atoms with Crippen LogP contribution in [0.1, 0.15) is 25.7 Å². The summed E-state index contributed by atoms with van der Waals surface area (Å²) in [5, 5.41) is 13.1. The number of carboxylic acid groups (broad SMARTS) is 1. The van der Waals surface area contributed by atoms with Crippen LogP contribution in [0.15, 0.2) is 41.0 Å². The largest absolute Gasteiger partial charge is 0.465 e. The van der Waals surface area contributed by atoms with E-state index in [1.54, 1.807) is 6.20 Å². The Morgan fingerprint density at radius 3 is 2.41 bits per heavy atom. The van der Waals surface area contributed by atoms with E-state index >= 15 is 0 Å². The van der Waals surface area contributed by atoms with Crippen LogP contribution in [0, 0.1) is 0 Å². The number of amides is 1. The van der Waals surface area contributed by atoms with Crippen molar-refractivity contribution in [2.45, 2.75) is 37.8 Å². The molecule has 1 aromatic heterocycles. The molecule has 1 heterocycles. The second kappa shape index (κ2) is 8.56. The molecule has 1 aromatic carbocycles. The van der Waals surface area contributed by atoms with E-state index in [0.29, 0.717) is 11.6 Å². The summed E-state index contributed by atoms with van der Waals surface area (Å²) in [6.45, 7) is 0. The summed E-state index contributed by atoms with van der Waals surface area (Å²) in [6.07, 6.45) is 4.19. The predicted molar refractivity (Wildman–Crippen MR) is 111 cm³/mol. The molecular weight excluding hydrogens is 410 g/mol. The molecule has 0 saturated heterocycles. The number of hydrogen-bond donors (Lipinski definition) is 2. The van der Waals surface area contributed by atoms with Crippen molar-refractivity contribution in [1.82, 2.24) is 9.97 Å². The highest BCUT2D eigenvalue weighted by Gasteiger charge is 2.30. The molecule has 8 heteroatoms. The van der Waals surface area contributed by atoms with Crippen molar-refractivity contribution in [3.8, 4) is 0 Å². The molecule has 1 amide bonds. The zero-order valence-corrected chi connectivity index (χ0v) is 17.1. The summed E-state index contributed by atoms with van der Waals surface area (Å²) in [4.78, 5) is 24.1. The summed E-state index contributed by atoms with van der Waals surface area (Å²) in [5.41, 5.74) is 0.712. The predicted octanol–water partition coefficient (Wildman–Crippen LogP) is 4.21. The standard InChI is InChI=1S/C19H24BrN5O2/c1-24(2)17-11-12-21-18(23-17)22-14-5-9-16(10-6-14)25(19(26)27)15-7-3-13(20)4-8-15/h3-4,7-8,11-12,14,16H,5-6,9-10H2,1-2H3,(H,26,27)(H,21,22,23)/t14-,16+. The second-order valence-electron chi connectivity index (χ2n) is 6.91. The Labute approximate surface area is 167 Å². The smallest absolute Gasteiger partial charge is 0.412 e. The number of halogens is 1. The molecule has 1 aliphatic carbocycles. The average Bonchev–Trinajstić information content (AvgIpc) is 2.65. The van der Waals surface area contributed by atoms with Gasteiger partial charge in [0, 0.05) is 42.5 Å². The Hall–Kier alpha value is -2.35. The second-order valence-corrected chi connectivity index (χ2v) is 7.83. The summed E-state index contributed by atoms with van der Waals surface area (Å²) in [7, 11) is 3.89. The van der Waals surface area contributed by atoms with Crippen LogP contribution in [0.3, 0.4) is 0 Å². The van der Waals surface area contributed by atoms with Crippen molar-refractivity contribution < 1.29 is 9.90 Å². The average molecular weight is 434 g/mol. The highest BCUT2D eigenvalue weighted by Crippen LogP contribution is 2.29. The van der Waals surface area contributed by atoms with E-state index in [2.05, 4.69) is 31.2 Å². The molecule has 0 atom stereocenters. The quantitative estimate of drug-likeness (QED) is 0.734. The van der Waals surface area contributed by atoms with Gasteiger partial charge in [0.2, 0.25) is 5.95 Å². The molecule has 0 unspecified atom stereocenters. The third-order valence-corrected chi connectivity index (χ3v) is 5.33. The number of nitrogens with one attached hydrogen (secondary N) is 1. The Kier molecular flexibility index (Phi) is 6.15. The van der Waals surface area contributed by atoms with Crippen molar-refractivity contribution >= 4 is 39.5 Å². The van der Waals surface area contributed by atoms with Crippen LogP contribution < -0.4 is 15.1 Å². The van der Waals surface area contributed by atoms with Crippen molar-refractivity contribution in [3.63, 3.8) is 0 Å². The minimum atomic E-state index is -0.907. The number of anilines is 3. The molecular formula is C19H24BrN5O2. The number of rotatable bonds is 5. The monoisotopic (exact) mass is 433 g/mol. The molecule has 0 radical (unpaired) electrons. The maximum absolute atomic E-state index is 11.8. The lowest BCUT2D eigenvalue weighted by atomic mass is 9.90. The van der Waals surface area contributed by atoms with Gasteiger partial charge >= 0.3 is 6.09 Å². The third kappa shape index (κ3) is 4.88. The van der Waals surface area contributed by atoms with E-state index in [1.807, 2.05) is 49.3 Å². The van der Waals surface area contributed by atoms with E-state index in [1.165, 1.54) is 4.90 Å². The normalized spacial score (nSPS) is 19.4. The molecule has 1 fully saturated rings. The molecule has 7 nitrogen and oxygen atoms in total. The fraction of sp³-hybridized carbons (Fsp3) is 0.421. The van der Waals surface area contributed by atoms with E-state index < -0.39 is 6.09 Å². The fourth-order valence-electron chi connectivity index (χ4n) is 3.41. The summed E-state index contributed by atoms with van der Waals surface area (Å²) >= 11 is 3.39. The topological polar surface area (TPSA) is 81.6 Å². The van der Waals surface area contributed by atoms with Crippen LogP contribution in [0.2, 0.25) is 0 Å². The van der Waals surface area contributed by atoms with Crippen LogP contribution in [0.4, 0.5) is 22.2 Å². The molecule has 0 bridgehead atoms. The summed E-state index contributed by atoms with van der Waals surface area (Å²) < 4.78 is 0.935. The fourth-order valence-corrected chi connectivity index (χ4v) is 3.67. The molecule has 0 aliphatic heterocycles. The van der Waals surface area contributed by atoms with Crippen LogP contribution in [-0.4, -0.2) is 47.3 Å². The number of carbonyl (C=O) groups is 1. The Balaban J connectivity index is 1.62. The van der Waals surface area contributed by atoms with Crippen LogP contribution in [-0.2, 0) is 0 Å². The Bertz CT molecular complexity index is 776. The van der Waals surface area contributed by atoms with Gasteiger partial charge in [-0.15, -0.1) is 0 Å². The highest BCUT2D eigenvalue weighted by atomic mass is 79.9. The van der Waals surface area contributed by atoms with Crippen LogP contribution in [0.5, 0.6) is 0 Å². The first kappa shape index (κ1) is 19.4. The maximum Gasteiger partial charge on any atom is 0.412 e. The van der Waals surface area contributed by atoms with E-state index in [9.17, 15) is 9.90 Å². The van der Waals surface area contributed by atoms with Gasteiger partial charge in [0.25, 0.3) is 0 Å². The van der Waals surface area contributed by atoms with Crippen LogP contribution in [0.25, 0.3) is 0 Å². The number of nitrogens with zero attached hydrogens (tertiary/aromatic N) is 4. The Morgan fingerprint density at radius 1 is 1.15 bits per heavy atom. The van der Waals surface area contributed by atoms with Crippen molar-refractivity contribution in [2.75, 3.05) is 29.2 Å². The summed E-state index contributed by atoms with van der Waals surface area (Å²) in [5.74, 6) is 1.47. The molecule has 2 N–H and O–H groups in total. The zero-order chi connectivity index (χ0) is 19.4. The first-order valence-electron chi connectivity index (χ1n) is 8.98. The van der Waals surface area contributed by atoms with Gasteiger partial charge in [-0.25, -0.2) is 9.78 Å². The number of hydrogen-bond acceptors (Lipinski definition) is 5. The van der Waals surface area contributed by atoms with Gasteiger partial charge < -0.3 is 15.3 Å². The van der Waals surface area contributed by atoms with Gasteiger partial charge in [0.05, 0.1) is 0 Å². The number of aromatic nitrogens is 2.